The molecule has 0 amide bonds. The molecule has 0 aliphatic carbocycles. The summed E-state index contributed by atoms with van der Waals surface area (Å²) in [7, 11) is 0. The van der Waals surface area contributed by atoms with Gasteiger partial charge in [0.1, 0.15) is 0 Å². The number of hydrogen-bond donors (Lipinski definition) is 1. The summed E-state index contributed by atoms with van der Waals surface area (Å²) in [5.41, 5.74) is 1.24. The lowest BCUT2D eigenvalue weighted by atomic mass is 10.2. The molecule has 2 aromatic rings. The highest BCUT2D eigenvalue weighted by Crippen LogP contribution is 2.01. The standard InChI is InChI=1S/C10H10N2S/c11-10-12(6-7-13-10)8-9-4-2-1-3-5-9/h1-7,11H,8H2. The summed E-state index contributed by atoms with van der Waals surface area (Å²) in [6.07, 6.45) is 1.94. The van der Waals surface area contributed by atoms with Crippen LogP contribution >= 0.6 is 11.3 Å². The molecule has 0 aliphatic heterocycles. The Balaban J connectivity index is 2.25. The molecule has 0 saturated heterocycles. The predicted molar refractivity (Wildman–Crippen MR) is 53.7 cm³/mol. The smallest absolute Gasteiger partial charge is 0.182 e. The molecule has 0 atom stereocenters. The van der Waals surface area contributed by atoms with Crippen LogP contribution in [0.4, 0.5) is 0 Å². The van der Waals surface area contributed by atoms with Crippen molar-refractivity contribution in [2.24, 2.45) is 0 Å². The topological polar surface area (TPSA) is 28.8 Å². The van der Waals surface area contributed by atoms with Gasteiger partial charge in [0.15, 0.2) is 4.80 Å². The third kappa shape index (κ3) is 1.87. The highest BCUT2D eigenvalue weighted by Gasteiger charge is 1.94. The zero-order valence-corrected chi connectivity index (χ0v) is 7.92. The zero-order chi connectivity index (χ0) is 9.10. The van der Waals surface area contributed by atoms with Crippen LogP contribution in [0.5, 0.6) is 0 Å². The maximum absolute atomic E-state index is 7.58. The van der Waals surface area contributed by atoms with Crippen LogP contribution in [0.2, 0.25) is 0 Å². The van der Waals surface area contributed by atoms with Crippen molar-refractivity contribution in [3.05, 3.63) is 52.3 Å². The third-order valence-corrected chi connectivity index (χ3v) is 2.59. The van der Waals surface area contributed by atoms with Crippen LogP contribution in [0.1, 0.15) is 5.56 Å². The van der Waals surface area contributed by atoms with Gasteiger partial charge in [-0.15, -0.1) is 11.3 Å². The molecule has 0 radical (unpaired) electrons. The lowest BCUT2D eigenvalue weighted by Crippen LogP contribution is -2.12. The van der Waals surface area contributed by atoms with Crippen LogP contribution in [0.25, 0.3) is 0 Å². The second-order valence-corrected chi connectivity index (χ2v) is 3.72. The van der Waals surface area contributed by atoms with Gasteiger partial charge in [0, 0.05) is 18.1 Å². The highest BCUT2D eigenvalue weighted by molar-refractivity contribution is 7.06. The van der Waals surface area contributed by atoms with Gasteiger partial charge in [-0.25, -0.2) is 0 Å². The number of hydrogen-bond acceptors (Lipinski definition) is 2. The van der Waals surface area contributed by atoms with Gasteiger partial charge in [-0.05, 0) is 5.56 Å². The monoisotopic (exact) mass is 190 g/mol. The minimum atomic E-state index is 0.601. The Bertz CT molecular complexity index is 427. The minimum absolute atomic E-state index is 0.601. The number of nitrogens with one attached hydrogen (secondary N) is 1. The van der Waals surface area contributed by atoms with Gasteiger partial charge >= 0.3 is 0 Å². The number of nitrogens with zero attached hydrogens (tertiary/aromatic N) is 1. The summed E-state index contributed by atoms with van der Waals surface area (Å²) in [4.78, 5) is 0.601. The number of benzene rings is 1. The first kappa shape index (κ1) is 8.26. The van der Waals surface area contributed by atoms with Crippen LogP contribution in [0, 0.1) is 5.41 Å². The van der Waals surface area contributed by atoms with Gasteiger partial charge in [0.2, 0.25) is 0 Å². The molecule has 0 saturated carbocycles. The van der Waals surface area contributed by atoms with Crippen molar-refractivity contribution in [2.75, 3.05) is 0 Å². The van der Waals surface area contributed by atoms with E-state index in [1.807, 2.05) is 34.3 Å². The van der Waals surface area contributed by atoms with E-state index in [9.17, 15) is 0 Å². The molecule has 3 heteroatoms. The fraction of sp³-hybridized carbons (Fsp3) is 0.100. The molecule has 0 bridgehead atoms. The molecule has 1 aromatic carbocycles. The molecule has 1 heterocycles. The summed E-state index contributed by atoms with van der Waals surface area (Å²) >= 11 is 1.45. The fourth-order valence-electron chi connectivity index (χ4n) is 1.21. The first-order valence-corrected chi connectivity index (χ1v) is 4.97. The number of aromatic nitrogens is 1. The summed E-state index contributed by atoms with van der Waals surface area (Å²) in [6, 6.07) is 10.2. The normalized spacial score (nSPS) is 10.2. The molecule has 66 valence electrons. The Morgan fingerprint density at radius 2 is 2.00 bits per heavy atom. The van der Waals surface area contributed by atoms with E-state index < -0.39 is 0 Å². The van der Waals surface area contributed by atoms with Crippen molar-refractivity contribution in [2.45, 2.75) is 6.54 Å². The van der Waals surface area contributed by atoms with E-state index >= 15 is 0 Å². The van der Waals surface area contributed by atoms with E-state index in [1.165, 1.54) is 16.9 Å². The Morgan fingerprint density at radius 3 is 2.62 bits per heavy atom. The fourth-order valence-corrected chi connectivity index (χ4v) is 1.81. The molecule has 1 N–H and O–H groups in total. The van der Waals surface area contributed by atoms with E-state index in [-0.39, 0.29) is 0 Å². The molecular weight excluding hydrogens is 180 g/mol. The quantitative estimate of drug-likeness (QED) is 0.751. The van der Waals surface area contributed by atoms with Crippen LogP contribution in [0.3, 0.4) is 0 Å². The molecule has 2 nitrogen and oxygen atoms in total. The molecular formula is C10H10N2S. The average molecular weight is 190 g/mol. The molecule has 0 spiro atoms. The lowest BCUT2D eigenvalue weighted by Gasteiger charge is -2.01. The van der Waals surface area contributed by atoms with Crippen LogP contribution in [-0.2, 0) is 6.54 Å². The molecule has 2 rings (SSSR count). The Labute approximate surface area is 80.6 Å². The number of rotatable bonds is 2. The minimum Gasteiger partial charge on any atom is -0.320 e. The lowest BCUT2D eigenvalue weighted by molar-refractivity contribution is 0.759. The van der Waals surface area contributed by atoms with Gasteiger partial charge in [-0.3, -0.25) is 5.41 Å². The van der Waals surface area contributed by atoms with Crippen LogP contribution in [-0.4, -0.2) is 4.57 Å². The highest BCUT2D eigenvalue weighted by atomic mass is 32.1. The number of thiazole rings is 1. The molecule has 1 aromatic heterocycles. The molecule has 13 heavy (non-hydrogen) atoms. The average Bonchev–Trinajstić information content (AvgIpc) is 2.54. The first-order chi connectivity index (χ1) is 6.36. The second-order valence-electron chi connectivity index (χ2n) is 2.82. The Hall–Kier alpha value is -1.35. The molecule has 0 unspecified atom stereocenters. The van der Waals surface area contributed by atoms with E-state index in [0.29, 0.717) is 4.80 Å². The van der Waals surface area contributed by atoms with Gasteiger partial charge in [0.05, 0.1) is 0 Å². The van der Waals surface area contributed by atoms with Crippen LogP contribution < -0.4 is 4.80 Å². The van der Waals surface area contributed by atoms with Gasteiger partial charge in [-0.1, -0.05) is 30.3 Å². The van der Waals surface area contributed by atoms with Gasteiger partial charge < -0.3 is 4.57 Å². The largest absolute Gasteiger partial charge is 0.320 e. The van der Waals surface area contributed by atoms with Crippen molar-refractivity contribution in [3.63, 3.8) is 0 Å². The van der Waals surface area contributed by atoms with Gasteiger partial charge in [0.25, 0.3) is 0 Å². The van der Waals surface area contributed by atoms with Crippen molar-refractivity contribution in [1.82, 2.24) is 4.57 Å². The van der Waals surface area contributed by atoms with E-state index in [0.717, 1.165) is 6.54 Å². The summed E-state index contributed by atoms with van der Waals surface area (Å²) < 4.78 is 1.93. The Kier molecular flexibility index (Phi) is 2.27. The Morgan fingerprint density at radius 1 is 1.23 bits per heavy atom. The van der Waals surface area contributed by atoms with E-state index in [2.05, 4.69) is 12.1 Å². The molecule has 0 fully saturated rings. The maximum atomic E-state index is 7.58. The van der Waals surface area contributed by atoms with Crippen molar-refractivity contribution >= 4 is 11.3 Å². The SMILES string of the molecule is N=c1sccn1Cc1ccccc1. The summed E-state index contributed by atoms with van der Waals surface area (Å²) in [6.45, 7) is 0.795. The molecule has 0 aliphatic rings. The van der Waals surface area contributed by atoms with Crippen molar-refractivity contribution in [3.8, 4) is 0 Å². The third-order valence-electron chi connectivity index (χ3n) is 1.88. The predicted octanol–water partition coefficient (Wildman–Crippen LogP) is 2.08. The van der Waals surface area contributed by atoms with Crippen molar-refractivity contribution < 1.29 is 0 Å². The summed E-state index contributed by atoms with van der Waals surface area (Å²) in [5, 5.41) is 9.52. The summed E-state index contributed by atoms with van der Waals surface area (Å²) in [5.74, 6) is 0. The van der Waals surface area contributed by atoms with E-state index in [4.69, 9.17) is 5.41 Å². The second kappa shape index (κ2) is 3.58. The first-order valence-electron chi connectivity index (χ1n) is 4.09. The maximum Gasteiger partial charge on any atom is 0.182 e. The van der Waals surface area contributed by atoms with Gasteiger partial charge in [-0.2, -0.15) is 0 Å². The zero-order valence-electron chi connectivity index (χ0n) is 7.10. The van der Waals surface area contributed by atoms with Crippen molar-refractivity contribution in [1.29, 1.82) is 5.41 Å². The van der Waals surface area contributed by atoms with E-state index in [1.54, 1.807) is 0 Å². The van der Waals surface area contributed by atoms with Crippen LogP contribution in [0.15, 0.2) is 41.9 Å².